The van der Waals surface area contributed by atoms with Crippen molar-refractivity contribution in [3.05, 3.63) is 0 Å². The third kappa shape index (κ3) is 4.51. The molecule has 3 nitrogen and oxygen atoms in total. The zero-order chi connectivity index (χ0) is 12.0. The summed E-state index contributed by atoms with van der Waals surface area (Å²) in [4.78, 5) is 2.47. The summed E-state index contributed by atoms with van der Waals surface area (Å²) in [6.45, 7) is 10.00. The van der Waals surface area contributed by atoms with Gasteiger partial charge in [-0.3, -0.25) is 4.90 Å². The van der Waals surface area contributed by atoms with Gasteiger partial charge in [0, 0.05) is 18.6 Å². The first kappa shape index (κ1) is 13.5. The summed E-state index contributed by atoms with van der Waals surface area (Å²) in [5.74, 6) is 0.761. The molecule has 0 aliphatic carbocycles. The number of hydrogen-bond donors (Lipinski definition) is 1. The Morgan fingerprint density at radius 3 is 2.81 bits per heavy atom. The topological polar surface area (TPSA) is 39.1 Å². The van der Waals surface area contributed by atoms with Crippen molar-refractivity contribution in [2.24, 2.45) is 5.92 Å². The highest BCUT2D eigenvalue weighted by Gasteiger charge is 2.23. The van der Waals surface area contributed by atoms with Gasteiger partial charge in [0.25, 0.3) is 0 Å². The highest BCUT2D eigenvalue weighted by molar-refractivity contribution is 4.84. The summed E-state index contributed by atoms with van der Waals surface area (Å²) >= 11 is 0. The Bertz CT molecular complexity index is 232. The van der Waals surface area contributed by atoms with Crippen molar-refractivity contribution in [1.29, 1.82) is 5.26 Å². The number of piperidine rings is 1. The van der Waals surface area contributed by atoms with Gasteiger partial charge in [-0.25, -0.2) is 0 Å². The quantitative estimate of drug-likeness (QED) is 0.775. The lowest BCUT2D eigenvalue weighted by molar-refractivity contribution is 0.131. The van der Waals surface area contributed by atoms with Gasteiger partial charge in [0.2, 0.25) is 0 Å². The Morgan fingerprint density at radius 1 is 1.44 bits per heavy atom. The van der Waals surface area contributed by atoms with Crippen LogP contribution in [-0.2, 0) is 0 Å². The van der Waals surface area contributed by atoms with Crippen LogP contribution in [0.15, 0.2) is 0 Å². The molecule has 0 aromatic rings. The predicted molar refractivity (Wildman–Crippen MR) is 67.1 cm³/mol. The van der Waals surface area contributed by atoms with E-state index in [4.69, 9.17) is 5.26 Å². The standard InChI is InChI=1S/C13H25N3/c1-11(2)15-9-13-5-4-8-16(10-13)12(3)6-7-14/h11-13,15H,4-6,8-10H2,1-3H3. The highest BCUT2D eigenvalue weighted by atomic mass is 15.2. The van der Waals surface area contributed by atoms with E-state index in [0.29, 0.717) is 18.5 Å². The Kier molecular flexibility index (Phi) is 5.79. The van der Waals surface area contributed by atoms with E-state index in [-0.39, 0.29) is 0 Å². The Labute approximate surface area is 99.8 Å². The number of hydrogen-bond acceptors (Lipinski definition) is 3. The van der Waals surface area contributed by atoms with E-state index in [0.717, 1.165) is 19.0 Å². The smallest absolute Gasteiger partial charge is 0.0638 e. The molecule has 1 aliphatic rings. The summed E-state index contributed by atoms with van der Waals surface area (Å²) in [5, 5.41) is 12.2. The van der Waals surface area contributed by atoms with Crippen LogP contribution in [0.4, 0.5) is 0 Å². The van der Waals surface area contributed by atoms with Gasteiger partial charge in [-0.05, 0) is 38.8 Å². The second-order valence-corrected chi connectivity index (χ2v) is 5.28. The second-order valence-electron chi connectivity index (χ2n) is 5.28. The van der Waals surface area contributed by atoms with Gasteiger partial charge in [0.1, 0.15) is 0 Å². The van der Waals surface area contributed by atoms with E-state index in [1.807, 2.05) is 0 Å². The monoisotopic (exact) mass is 223 g/mol. The fraction of sp³-hybridized carbons (Fsp3) is 0.923. The number of nitrogens with one attached hydrogen (secondary N) is 1. The van der Waals surface area contributed by atoms with Crippen LogP contribution in [0.1, 0.15) is 40.0 Å². The van der Waals surface area contributed by atoms with Crippen LogP contribution in [0.2, 0.25) is 0 Å². The summed E-state index contributed by atoms with van der Waals surface area (Å²) in [6, 6.07) is 3.27. The summed E-state index contributed by atoms with van der Waals surface area (Å²) in [5.41, 5.74) is 0. The van der Waals surface area contributed by atoms with Gasteiger partial charge in [0.15, 0.2) is 0 Å². The Balaban J connectivity index is 2.32. The lowest BCUT2D eigenvalue weighted by Crippen LogP contribution is -2.44. The predicted octanol–water partition coefficient (Wildman–Crippen LogP) is 2.00. The van der Waals surface area contributed by atoms with Crippen molar-refractivity contribution < 1.29 is 0 Å². The third-order valence-electron chi connectivity index (χ3n) is 3.38. The summed E-state index contributed by atoms with van der Waals surface area (Å²) < 4.78 is 0. The fourth-order valence-corrected chi connectivity index (χ4v) is 2.33. The molecular formula is C13H25N3. The first-order valence-electron chi connectivity index (χ1n) is 6.48. The SMILES string of the molecule is CC(C)NCC1CCCN(C(C)CC#N)C1. The van der Waals surface area contributed by atoms with Gasteiger partial charge < -0.3 is 5.32 Å². The molecular weight excluding hydrogens is 198 g/mol. The zero-order valence-electron chi connectivity index (χ0n) is 10.9. The normalized spacial score (nSPS) is 24.3. The zero-order valence-corrected chi connectivity index (χ0v) is 10.9. The van der Waals surface area contributed by atoms with Crippen LogP contribution in [-0.4, -0.2) is 36.6 Å². The molecule has 3 heteroatoms. The van der Waals surface area contributed by atoms with Crippen molar-refractivity contribution in [2.45, 2.75) is 52.1 Å². The molecule has 1 rings (SSSR count). The van der Waals surface area contributed by atoms with Crippen molar-refractivity contribution in [1.82, 2.24) is 10.2 Å². The van der Waals surface area contributed by atoms with Crippen molar-refractivity contribution >= 4 is 0 Å². The fourth-order valence-electron chi connectivity index (χ4n) is 2.33. The maximum Gasteiger partial charge on any atom is 0.0638 e. The Morgan fingerprint density at radius 2 is 2.19 bits per heavy atom. The molecule has 92 valence electrons. The van der Waals surface area contributed by atoms with Crippen molar-refractivity contribution in [3.63, 3.8) is 0 Å². The molecule has 0 radical (unpaired) electrons. The minimum Gasteiger partial charge on any atom is -0.314 e. The first-order chi connectivity index (χ1) is 7.63. The molecule has 0 saturated carbocycles. The van der Waals surface area contributed by atoms with E-state index in [9.17, 15) is 0 Å². The molecule has 1 fully saturated rings. The van der Waals surface area contributed by atoms with Gasteiger partial charge >= 0.3 is 0 Å². The average Bonchev–Trinajstić information content (AvgIpc) is 2.27. The highest BCUT2D eigenvalue weighted by Crippen LogP contribution is 2.19. The van der Waals surface area contributed by atoms with Gasteiger partial charge in [-0.2, -0.15) is 5.26 Å². The minimum absolute atomic E-state index is 0.423. The van der Waals surface area contributed by atoms with Gasteiger partial charge in [-0.15, -0.1) is 0 Å². The number of rotatable bonds is 5. The Hall–Kier alpha value is -0.590. The number of nitriles is 1. The van der Waals surface area contributed by atoms with E-state index in [1.54, 1.807) is 0 Å². The number of likely N-dealkylation sites (tertiary alicyclic amines) is 1. The largest absolute Gasteiger partial charge is 0.314 e. The third-order valence-corrected chi connectivity index (χ3v) is 3.38. The van der Waals surface area contributed by atoms with E-state index >= 15 is 0 Å². The first-order valence-corrected chi connectivity index (χ1v) is 6.48. The molecule has 1 saturated heterocycles. The minimum atomic E-state index is 0.423. The van der Waals surface area contributed by atoms with Crippen LogP contribution in [0.3, 0.4) is 0 Å². The maximum absolute atomic E-state index is 8.72. The van der Waals surface area contributed by atoms with Crippen LogP contribution < -0.4 is 5.32 Å². The van der Waals surface area contributed by atoms with Crippen LogP contribution >= 0.6 is 0 Å². The average molecular weight is 223 g/mol. The molecule has 16 heavy (non-hydrogen) atoms. The molecule has 1 N–H and O–H groups in total. The van der Waals surface area contributed by atoms with Crippen molar-refractivity contribution in [2.75, 3.05) is 19.6 Å². The maximum atomic E-state index is 8.72. The molecule has 0 spiro atoms. The van der Waals surface area contributed by atoms with Gasteiger partial charge in [-0.1, -0.05) is 13.8 Å². The number of nitrogens with zero attached hydrogens (tertiary/aromatic N) is 2. The lowest BCUT2D eigenvalue weighted by atomic mass is 9.96. The lowest BCUT2D eigenvalue weighted by Gasteiger charge is -2.36. The molecule has 0 amide bonds. The molecule has 2 atom stereocenters. The molecule has 1 aliphatic heterocycles. The molecule has 2 unspecified atom stereocenters. The molecule has 1 heterocycles. The summed E-state index contributed by atoms with van der Waals surface area (Å²) in [6.07, 6.45) is 3.26. The van der Waals surface area contributed by atoms with Crippen LogP contribution in [0.25, 0.3) is 0 Å². The molecule has 0 aromatic carbocycles. The van der Waals surface area contributed by atoms with Crippen molar-refractivity contribution in [3.8, 4) is 6.07 Å². The van der Waals surface area contributed by atoms with Gasteiger partial charge in [0.05, 0.1) is 12.5 Å². The van der Waals surface area contributed by atoms with Crippen LogP contribution in [0.5, 0.6) is 0 Å². The summed E-state index contributed by atoms with van der Waals surface area (Å²) in [7, 11) is 0. The van der Waals surface area contributed by atoms with E-state index in [1.165, 1.54) is 19.4 Å². The molecule has 0 aromatic heterocycles. The van der Waals surface area contributed by atoms with E-state index < -0.39 is 0 Å². The van der Waals surface area contributed by atoms with Crippen LogP contribution in [0, 0.1) is 17.2 Å². The van der Waals surface area contributed by atoms with E-state index in [2.05, 4.69) is 37.1 Å². The molecule has 0 bridgehead atoms. The second kappa shape index (κ2) is 6.88.